The molecule has 5 heteroatoms. The molecular weight excluding hydrogens is 258 g/mol. The minimum atomic E-state index is 0.437. The van der Waals surface area contributed by atoms with Gasteiger partial charge in [0.2, 0.25) is 0 Å². The molecule has 2 heterocycles. The molecule has 0 spiro atoms. The number of hydrogen-bond donors (Lipinski definition) is 1. The van der Waals surface area contributed by atoms with Gasteiger partial charge in [-0.1, -0.05) is 0 Å². The second kappa shape index (κ2) is 7.33. The Hall–Kier alpha value is -0.490. The molecule has 1 saturated heterocycles. The van der Waals surface area contributed by atoms with Gasteiger partial charge in [-0.15, -0.1) is 11.3 Å². The average molecular weight is 283 g/mol. The third-order valence-corrected chi connectivity index (χ3v) is 4.66. The second-order valence-electron chi connectivity index (χ2n) is 5.23. The Bertz CT molecular complexity index is 386. The van der Waals surface area contributed by atoms with Crippen molar-refractivity contribution >= 4 is 11.3 Å². The van der Waals surface area contributed by atoms with Gasteiger partial charge in [-0.05, 0) is 39.7 Å². The van der Waals surface area contributed by atoms with Gasteiger partial charge >= 0.3 is 0 Å². The number of ether oxygens (including phenoxy) is 1. The zero-order valence-electron chi connectivity index (χ0n) is 12.0. The van der Waals surface area contributed by atoms with E-state index in [0.717, 1.165) is 52.0 Å². The van der Waals surface area contributed by atoms with Crippen LogP contribution in [0.25, 0.3) is 0 Å². The highest BCUT2D eigenvalue weighted by atomic mass is 32.1. The number of hydrogen-bond acceptors (Lipinski definition) is 5. The van der Waals surface area contributed by atoms with E-state index in [2.05, 4.69) is 23.7 Å². The first-order valence-corrected chi connectivity index (χ1v) is 7.97. The van der Waals surface area contributed by atoms with Crippen molar-refractivity contribution in [2.45, 2.75) is 45.8 Å². The van der Waals surface area contributed by atoms with E-state index in [9.17, 15) is 0 Å². The molecular formula is C14H25N3OS. The Labute approximate surface area is 120 Å². The number of thiazole rings is 1. The van der Waals surface area contributed by atoms with Gasteiger partial charge < -0.3 is 10.5 Å². The molecule has 0 aromatic carbocycles. The third-order valence-electron chi connectivity index (χ3n) is 3.60. The lowest BCUT2D eigenvalue weighted by molar-refractivity contribution is 0.00578. The summed E-state index contributed by atoms with van der Waals surface area (Å²) in [4.78, 5) is 8.43. The van der Waals surface area contributed by atoms with Crippen molar-refractivity contribution < 1.29 is 4.74 Å². The first-order chi connectivity index (χ1) is 9.19. The lowest BCUT2D eigenvalue weighted by atomic mass is 10.1. The van der Waals surface area contributed by atoms with Crippen LogP contribution in [-0.4, -0.2) is 42.2 Å². The Morgan fingerprint density at radius 2 is 2.11 bits per heavy atom. The normalized spacial score (nSPS) is 18.1. The monoisotopic (exact) mass is 283 g/mol. The number of likely N-dealkylation sites (tertiary alicyclic amines) is 1. The number of aromatic nitrogens is 1. The van der Waals surface area contributed by atoms with Crippen LogP contribution in [0.4, 0.5) is 0 Å². The van der Waals surface area contributed by atoms with Gasteiger partial charge in [0.15, 0.2) is 0 Å². The molecule has 0 aliphatic carbocycles. The molecule has 0 bridgehead atoms. The fraction of sp³-hybridized carbons (Fsp3) is 0.786. The van der Waals surface area contributed by atoms with Crippen LogP contribution in [0.1, 0.15) is 34.8 Å². The van der Waals surface area contributed by atoms with E-state index < -0.39 is 0 Å². The molecule has 1 aliphatic rings. The molecule has 1 aromatic rings. The first kappa shape index (κ1) is 14.9. The summed E-state index contributed by atoms with van der Waals surface area (Å²) in [5, 5.41) is 1.17. The van der Waals surface area contributed by atoms with E-state index in [4.69, 9.17) is 10.5 Å². The molecule has 0 unspecified atom stereocenters. The van der Waals surface area contributed by atoms with Gasteiger partial charge in [-0.25, -0.2) is 4.98 Å². The maximum atomic E-state index is 5.83. The molecule has 1 aromatic heterocycles. The predicted molar refractivity (Wildman–Crippen MR) is 79.5 cm³/mol. The second-order valence-corrected chi connectivity index (χ2v) is 6.52. The highest BCUT2D eigenvalue weighted by Crippen LogP contribution is 2.22. The van der Waals surface area contributed by atoms with E-state index in [0.29, 0.717) is 6.10 Å². The lowest BCUT2D eigenvalue weighted by Crippen LogP contribution is -2.36. The van der Waals surface area contributed by atoms with Gasteiger partial charge in [-0.3, -0.25) is 4.90 Å². The van der Waals surface area contributed by atoms with Crippen LogP contribution < -0.4 is 5.73 Å². The van der Waals surface area contributed by atoms with Crippen LogP contribution in [0.15, 0.2) is 0 Å². The maximum Gasteiger partial charge on any atom is 0.0900 e. The summed E-state index contributed by atoms with van der Waals surface area (Å²) < 4.78 is 5.83. The largest absolute Gasteiger partial charge is 0.378 e. The standard InChI is InChI=1S/C14H25N3OS/c1-11-14(19-12(2)16-11)10-17-7-4-13(5-8-17)18-9-3-6-15/h13H,3-10,15H2,1-2H3. The fourth-order valence-corrected chi connectivity index (χ4v) is 3.47. The summed E-state index contributed by atoms with van der Waals surface area (Å²) in [5.74, 6) is 0. The van der Waals surface area contributed by atoms with Crippen LogP contribution in [0.2, 0.25) is 0 Å². The quantitative estimate of drug-likeness (QED) is 0.812. The maximum absolute atomic E-state index is 5.83. The van der Waals surface area contributed by atoms with Crippen molar-refractivity contribution in [1.29, 1.82) is 0 Å². The molecule has 1 fully saturated rings. The van der Waals surface area contributed by atoms with Crippen molar-refractivity contribution in [3.05, 3.63) is 15.6 Å². The summed E-state index contributed by atoms with van der Waals surface area (Å²) in [7, 11) is 0. The van der Waals surface area contributed by atoms with E-state index in [1.807, 2.05) is 11.3 Å². The zero-order valence-corrected chi connectivity index (χ0v) is 12.8. The molecule has 0 radical (unpaired) electrons. The zero-order chi connectivity index (χ0) is 13.7. The van der Waals surface area contributed by atoms with Crippen LogP contribution in [0.3, 0.4) is 0 Å². The van der Waals surface area contributed by atoms with Crippen LogP contribution in [0, 0.1) is 13.8 Å². The molecule has 108 valence electrons. The van der Waals surface area contributed by atoms with Crippen molar-refractivity contribution in [3.8, 4) is 0 Å². The summed E-state index contributed by atoms with van der Waals surface area (Å²) in [6.07, 6.45) is 3.69. The molecule has 2 rings (SSSR count). The van der Waals surface area contributed by atoms with E-state index in [-0.39, 0.29) is 0 Å². The molecule has 0 atom stereocenters. The topological polar surface area (TPSA) is 51.4 Å². The average Bonchev–Trinajstić information content (AvgIpc) is 2.70. The van der Waals surface area contributed by atoms with E-state index in [1.165, 1.54) is 15.6 Å². The Morgan fingerprint density at radius 3 is 2.68 bits per heavy atom. The van der Waals surface area contributed by atoms with E-state index in [1.54, 1.807) is 0 Å². The van der Waals surface area contributed by atoms with Crippen LogP contribution >= 0.6 is 11.3 Å². The van der Waals surface area contributed by atoms with Crippen molar-refractivity contribution in [1.82, 2.24) is 9.88 Å². The van der Waals surface area contributed by atoms with Gasteiger partial charge in [0.1, 0.15) is 0 Å². The molecule has 19 heavy (non-hydrogen) atoms. The third kappa shape index (κ3) is 4.53. The highest BCUT2D eigenvalue weighted by molar-refractivity contribution is 7.11. The molecule has 0 saturated carbocycles. The summed E-state index contributed by atoms with van der Waals surface area (Å²) in [6.45, 7) is 9.04. The van der Waals surface area contributed by atoms with Crippen LogP contribution in [-0.2, 0) is 11.3 Å². The number of nitrogens with zero attached hydrogens (tertiary/aromatic N) is 2. The Balaban J connectivity index is 1.73. The predicted octanol–water partition coefficient (Wildman–Crippen LogP) is 2.09. The van der Waals surface area contributed by atoms with Gasteiger partial charge in [-0.2, -0.15) is 0 Å². The lowest BCUT2D eigenvalue weighted by Gasteiger charge is -2.31. The number of aryl methyl sites for hydroxylation is 2. The highest BCUT2D eigenvalue weighted by Gasteiger charge is 2.20. The molecule has 0 amide bonds. The Kier molecular flexibility index (Phi) is 5.76. The fourth-order valence-electron chi connectivity index (χ4n) is 2.49. The summed E-state index contributed by atoms with van der Waals surface area (Å²) in [5.41, 5.74) is 6.67. The van der Waals surface area contributed by atoms with Crippen molar-refractivity contribution in [3.63, 3.8) is 0 Å². The van der Waals surface area contributed by atoms with Gasteiger partial charge in [0.25, 0.3) is 0 Å². The van der Waals surface area contributed by atoms with Crippen molar-refractivity contribution in [2.24, 2.45) is 5.73 Å². The Morgan fingerprint density at radius 1 is 1.37 bits per heavy atom. The summed E-state index contributed by atoms with van der Waals surface area (Å²) in [6, 6.07) is 0. The molecule has 1 aliphatic heterocycles. The number of rotatable bonds is 6. The van der Waals surface area contributed by atoms with Crippen LogP contribution in [0.5, 0.6) is 0 Å². The molecule has 4 nitrogen and oxygen atoms in total. The SMILES string of the molecule is Cc1nc(C)c(CN2CCC(OCCCN)CC2)s1. The minimum absolute atomic E-state index is 0.437. The smallest absolute Gasteiger partial charge is 0.0900 e. The minimum Gasteiger partial charge on any atom is -0.378 e. The number of nitrogens with two attached hydrogens (primary N) is 1. The van der Waals surface area contributed by atoms with Gasteiger partial charge in [0.05, 0.1) is 16.8 Å². The van der Waals surface area contributed by atoms with Crippen molar-refractivity contribution in [2.75, 3.05) is 26.2 Å². The first-order valence-electron chi connectivity index (χ1n) is 7.16. The summed E-state index contributed by atoms with van der Waals surface area (Å²) >= 11 is 1.83. The molecule has 2 N–H and O–H groups in total. The van der Waals surface area contributed by atoms with Gasteiger partial charge in [0, 0.05) is 31.1 Å². The van der Waals surface area contributed by atoms with E-state index >= 15 is 0 Å². The number of piperidine rings is 1.